The van der Waals surface area contributed by atoms with Crippen molar-refractivity contribution in [2.24, 2.45) is 11.7 Å². The van der Waals surface area contributed by atoms with Crippen LogP contribution in [0.4, 0.5) is 0 Å². The van der Waals surface area contributed by atoms with Crippen LogP contribution in [-0.4, -0.2) is 55.1 Å². The first-order valence-electron chi connectivity index (χ1n) is 7.00. The highest BCUT2D eigenvalue weighted by atomic mass is 15.3. The smallest absolute Gasteiger partial charge is 0.0309 e. The Hall–Kier alpha value is -0.120. The zero-order valence-electron chi connectivity index (χ0n) is 12.4. The molecule has 1 fully saturated rings. The number of nitrogens with zero attached hydrogens (tertiary/aromatic N) is 2. The molecule has 3 heteroatoms. The lowest BCUT2D eigenvalue weighted by atomic mass is 9.88. The summed E-state index contributed by atoms with van der Waals surface area (Å²) < 4.78 is 0. The van der Waals surface area contributed by atoms with Crippen LogP contribution in [0.25, 0.3) is 0 Å². The van der Waals surface area contributed by atoms with Crippen LogP contribution in [0.2, 0.25) is 0 Å². The highest BCUT2D eigenvalue weighted by molar-refractivity contribution is 4.95. The van der Waals surface area contributed by atoms with E-state index >= 15 is 0 Å². The quantitative estimate of drug-likeness (QED) is 0.769. The Morgan fingerprint density at radius 1 is 1.41 bits per heavy atom. The van der Waals surface area contributed by atoms with Crippen LogP contribution in [-0.2, 0) is 0 Å². The second kappa shape index (κ2) is 6.17. The maximum absolute atomic E-state index is 6.07. The van der Waals surface area contributed by atoms with Crippen LogP contribution >= 0.6 is 0 Å². The molecule has 0 aromatic rings. The van der Waals surface area contributed by atoms with Gasteiger partial charge >= 0.3 is 0 Å². The Kier molecular flexibility index (Phi) is 5.42. The summed E-state index contributed by atoms with van der Waals surface area (Å²) in [5.74, 6) is 0.712. The summed E-state index contributed by atoms with van der Waals surface area (Å²) in [4.78, 5) is 4.97. The van der Waals surface area contributed by atoms with Crippen molar-refractivity contribution < 1.29 is 0 Å². The van der Waals surface area contributed by atoms with Crippen LogP contribution in [0.5, 0.6) is 0 Å². The van der Waals surface area contributed by atoms with Gasteiger partial charge in [0.05, 0.1) is 0 Å². The molecule has 102 valence electrons. The monoisotopic (exact) mass is 241 g/mol. The number of rotatable bonds is 6. The van der Waals surface area contributed by atoms with Gasteiger partial charge in [0, 0.05) is 24.7 Å². The van der Waals surface area contributed by atoms with Gasteiger partial charge in [0.2, 0.25) is 0 Å². The fourth-order valence-electron chi connectivity index (χ4n) is 3.36. The Bertz CT molecular complexity index is 228. The molecular formula is C14H31N3. The maximum Gasteiger partial charge on any atom is 0.0309 e. The molecule has 0 bridgehead atoms. The lowest BCUT2D eigenvalue weighted by molar-refractivity contribution is 0.0644. The van der Waals surface area contributed by atoms with E-state index in [2.05, 4.69) is 44.7 Å². The highest BCUT2D eigenvalue weighted by Gasteiger charge is 2.38. The first-order valence-corrected chi connectivity index (χ1v) is 7.00. The first-order chi connectivity index (χ1) is 7.89. The van der Waals surface area contributed by atoms with E-state index < -0.39 is 0 Å². The van der Waals surface area contributed by atoms with Crippen molar-refractivity contribution in [3.8, 4) is 0 Å². The predicted octanol–water partition coefficient (Wildman–Crippen LogP) is 1.78. The maximum atomic E-state index is 6.07. The van der Waals surface area contributed by atoms with Gasteiger partial charge in [0.1, 0.15) is 0 Å². The van der Waals surface area contributed by atoms with Crippen LogP contribution < -0.4 is 5.73 Å². The van der Waals surface area contributed by atoms with E-state index in [9.17, 15) is 0 Å². The summed E-state index contributed by atoms with van der Waals surface area (Å²) in [6.45, 7) is 10.1. The second-order valence-corrected chi connectivity index (χ2v) is 6.55. The van der Waals surface area contributed by atoms with Crippen LogP contribution in [0, 0.1) is 5.92 Å². The van der Waals surface area contributed by atoms with E-state index in [-0.39, 0.29) is 5.54 Å². The normalized spacial score (nSPS) is 25.8. The Morgan fingerprint density at radius 3 is 2.53 bits per heavy atom. The molecule has 3 nitrogen and oxygen atoms in total. The Balaban J connectivity index is 2.72. The molecular weight excluding hydrogens is 210 g/mol. The predicted molar refractivity (Wildman–Crippen MR) is 75.2 cm³/mol. The van der Waals surface area contributed by atoms with E-state index in [0.29, 0.717) is 12.0 Å². The summed E-state index contributed by atoms with van der Waals surface area (Å²) in [6, 6.07) is 0.692. The number of nitrogens with two attached hydrogens (primary N) is 1. The van der Waals surface area contributed by atoms with Gasteiger partial charge in [-0.1, -0.05) is 13.8 Å². The van der Waals surface area contributed by atoms with Crippen molar-refractivity contribution in [2.75, 3.05) is 33.7 Å². The third-order valence-corrected chi connectivity index (χ3v) is 3.93. The number of hydrogen-bond acceptors (Lipinski definition) is 3. The molecule has 1 aliphatic rings. The minimum absolute atomic E-state index is 0.186. The SMILES string of the molecule is CC(C)CC(C)(CN)N1CCCC1CN(C)C. The molecule has 1 aliphatic heterocycles. The zero-order valence-corrected chi connectivity index (χ0v) is 12.4. The van der Waals surface area contributed by atoms with Crippen LogP contribution in [0.3, 0.4) is 0 Å². The molecule has 0 spiro atoms. The number of hydrogen-bond donors (Lipinski definition) is 1. The summed E-state index contributed by atoms with van der Waals surface area (Å²) in [6.07, 6.45) is 3.85. The van der Waals surface area contributed by atoms with Gasteiger partial charge in [0.15, 0.2) is 0 Å². The molecule has 1 rings (SSSR count). The molecule has 2 N–H and O–H groups in total. The molecule has 0 aromatic heterocycles. The van der Waals surface area contributed by atoms with E-state index in [1.54, 1.807) is 0 Å². The van der Waals surface area contributed by atoms with Gasteiger partial charge in [-0.05, 0) is 52.7 Å². The second-order valence-electron chi connectivity index (χ2n) is 6.55. The van der Waals surface area contributed by atoms with Gasteiger partial charge in [-0.3, -0.25) is 4.90 Å². The number of likely N-dealkylation sites (N-methyl/N-ethyl adjacent to an activating group) is 1. The van der Waals surface area contributed by atoms with Gasteiger partial charge in [0.25, 0.3) is 0 Å². The van der Waals surface area contributed by atoms with Crippen LogP contribution in [0.15, 0.2) is 0 Å². The molecule has 1 saturated heterocycles. The summed E-state index contributed by atoms with van der Waals surface area (Å²) in [5.41, 5.74) is 6.26. The van der Waals surface area contributed by atoms with Crippen molar-refractivity contribution >= 4 is 0 Å². The average molecular weight is 241 g/mol. The summed E-state index contributed by atoms with van der Waals surface area (Å²) >= 11 is 0. The first kappa shape index (κ1) is 14.9. The molecule has 0 amide bonds. The third kappa shape index (κ3) is 3.94. The van der Waals surface area contributed by atoms with E-state index in [1.807, 2.05) is 0 Å². The molecule has 0 aromatic carbocycles. The summed E-state index contributed by atoms with van der Waals surface area (Å²) in [7, 11) is 4.33. The Labute approximate surface area is 107 Å². The lowest BCUT2D eigenvalue weighted by Gasteiger charge is -2.43. The van der Waals surface area contributed by atoms with Gasteiger partial charge in [-0.15, -0.1) is 0 Å². The highest BCUT2D eigenvalue weighted by Crippen LogP contribution is 2.31. The van der Waals surface area contributed by atoms with Gasteiger partial charge in [-0.25, -0.2) is 0 Å². The molecule has 2 unspecified atom stereocenters. The Morgan fingerprint density at radius 2 is 2.06 bits per heavy atom. The van der Waals surface area contributed by atoms with E-state index in [0.717, 1.165) is 13.1 Å². The lowest BCUT2D eigenvalue weighted by Crippen LogP contribution is -2.56. The van der Waals surface area contributed by atoms with Crippen molar-refractivity contribution in [1.29, 1.82) is 0 Å². The fraction of sp³-hybridized carbons (Fsp3) is 1.00. The fourth-order valence-corrected chi connectivity index (χ4v) is 3.36. The minimum atomic E-state index is 0.186. The van der Waals surface area contributed by atoms with Crippen molar-refractivity contribution in [2.45, 2.75) is 51.6 Å². The average Bonchev–Trinajstić information content (AvgIpc) is 2.64. The van der Waals surface area contributed by atoms with Crippen molar-refractivity contribution in [3.05, 3.63) is 0 Å². The summed E-state index contributed by atoms with van der Waals surface area (Å²) in [5, 5.41) is 0. The van der Waals surface area contributed by atoms with Crippen molar-refractivity contribution in [3.63, 3.8) is 0 Å². The topological polar surface area (TPSA) is 32.5 Å². The molecule has 0 saturated carbocycles. The molecule has 2 atom stereocenters. The van der Waals surface area contributed by atoms with E-state index in [1.165, 1.54) is 25.8 Å². The molecule has 1 heterocycles. The minimum Gasteiger partial charge on any atom is -0.329 e. The molecule has 17 heavy (non-hydrogen) atoms. The standard InChI is InChI=1S/C14H31N3/c1-12(2)9-14(3,11-15)17-8-6-7-13(17)10-16(4)5/h12-13H,6-11,15H2,1-5H3. The molecule has 0 aliphatic carbocycles. The third-order valence-electron chi connectivity index (χ3n) is 3.93. The number of likely N-dealkylation sites (tertiary alicyclic amines) is 1. The van der Waals surface area contributed by atoms with E-state index in [4.69, 9.17) is 5.73 Å². The van der Waals surface area contributed by atoms with Crippen molar-refractivity contribution in [1.82, 2.24) is 9.80 Å². The van der Waals surface area contributed by atoms with Gasteiger partial charge in [-0.2, -0.15) is 0 Å². The molecule has 0 radical (unpaired) electrons. The largest absolute Gasteiger partial charge is 0.329 e. The van der Waals surface area contributed by atoms with Gasteiger partial charge < -0.3 is 10.6 Å². The zero-order chi connectivity index (χ0) is 13.1. The van der Waals surface area contributed by atoms with Crippen LogP contribution in [0.1, 0.15) is 40.0 Å².